The second kappa shape index (κ2) is 11.6. The summed E-state index contributed by atoms with van der Waals surface area (Å²) >= 11 is 6.84. The maximum atomic E-state index is 12.7. The number of nitrogens with zero attached hydrogens (tertiary/aromatic N) is 2. The van der Waals surface area contributed by atoms with Crippen molar-refractivity contribution in [2.75, 3.05) is 31.7 Å². The van der Waals surface area contributed by atoms with Crippen molar-refractivity contribution < 1.29 is 24.5 Å². The van der Waals surface area contributed by atoms with Gasteiger partial charge in [0.25, 0.3) is 5.91 Å². The van der Waals surface area contributed by atoms with Gasteiger partial charge in [-0.2, -0.15) is 0 Å². The highest BCUT2D eigenvalue weighted by Gasteiger charge is 2.22. The number of amides is 1. The molecule has 0 saturated carbocycles. The van der Waals surface area contributed by atoms with Crippen molar-refractivity contribution in [1.29, 1.82) is 0 Å². The van der Waals surface area contributed by atoms with Gasteiger partial charge in [-0.25, -0.2) is 4.98 Å². The first-order valence-electron chi connectivity index (χ1n) is 11.5. The number of anilines is 1. The molecule has 1 aliphatic heterocycles. The van der Waals surface area contributed by atoms with Crippen LogP contribution in [0.2, 0.25) is 5.02 Å². The number of benzene rings is 1. The molecule has 9 heteroatoms. The van der Waals surface area contributed by atoms with Crippen LogP contribution in [0.3, 0.4) is 0 Å². The highest BCUT2D eigenvalue weighted by atomic mass is 35.5. The summed E-state index contributed by atoms with van der Waals surface area (Å²) in [6.07, 6.45) is 3.78. The zero-order chi connectivity index (χ0) is 24.8. The molecule has 3 heterocycles. The predicted molar refractivity (Wildman–Crippen MR) is 133 cm³/mol. The van der Waals surface area contributed by atoms with Crippen molar-refractivity contribution >= 4 is 23.2 Å². The molecule has 1 aromatic carbocycles. The van der Waals surface area contributed by atoms with E-state index in [1.807, 2.05) is 19.1 Å². The Kier molecular flexibility index (Phi) is 8.30. The molecule has 1 saturated heterocycles. The van der Waals surface area contributed by atoms with E-state index in [1.54, 1.807) is 36.7 Å². The number of aryl methyl sites for hydroxylation is 1. The summed E-state index contributed by atoms with van der Waals surface area (Å²) in [6.45, 7) is 2.77. The van der Waals surface area contributed by atoms with Crippen LogP contribution in [0.4, 0.5) is 5.69 Å². The summed E-state index contributed by atoms with van der Waals surface area (Å²) in [7, 11) is 0. The van der Waals surface area contributed by atoms with Crippen molar-refractivity contribution in [2.45, 2.75) is 31.8 Å². The molecule has 35 heavy (non-hydrogen) atoms. The van der Waals surface area contributed by atoms with Crippen LogP contribution in [-0.2, 0) is 4.74 Å². The molecule has 1 amide bonds. The Balaban J connectivity index is 1.71. The maximum absolute atomic E-state index is 12.7. The fraction of sp³-hybridized carbons (Fsp3) is 0.346. The molecule has 0 unspecified atom stereocenters. The van der Waals surface area contributed by atoms with E-state index in [2.05, 4.69) is 15.3 Å². The Morgan fingerprint density at radius 1 is 1.23 bits per heavy atom. The van der Waals surface area contributed by atoms with Gasteiger partial charge in [-0.3, -0.25) is 9.78 Å². The number of halogens is 1. The summed E-state index contributed by atoms with van der Waals surface area (Å²) < 4.78 is 11.2. The SMILES string of the molecule is Cc1ccc(NC(=O)c2ccncc2)c(Cl)c1-c1cc(OC[C@H](O)CO)nc(C2CCOCC2)c1. The summed E-state index contributed by atoms with van der Waals surface area (Å²) in [5.41, 5.74) is 4.27. The number of aliphatic hydroxyl groups is 2. The van der Waals surface area contributed by atoms with Gasteiger partial charge >= 0.3 is 0 Å². The van der Waals surface area contributed by atoms with Gasteiger partial charge in [0.05, 0.1) is 17.3 Å². The van der Waals surface area contributed by atoms with Crippen LogP contribution in [0.15, 0.2) is 48.8 Å². The van der Waals surface area contributed by atoms with E-state index < -0.39 is 12.7 Å². The molecule has 8 nitrogen and oxygen atoms in total. The Morgan fingerprint density at radius 3 is 2.69 bits per heavy atom. The lowest BCUT2D eigenvalue weighted by Gasteiger charge is -2.23. The van der Waals surface area contributed by atoms with Crippen molar-refractivity contribution in [1.82, 2.24) is 9.97 Å². The summed E-state index contributed by atoms with van der Waals surface area (Å²) in [4.78, 5) is 21.3. The quantitative estimate of drug-likeness (QED) is 0.431. The predicted octanol–water partition coefficient (Wildman–Crippen LogP) is 3.98. The van der Waals surface area contributed by atoms with Gasteiger partial charge < -0.3 is 25.0 Å². The van der Waals surface area contributed by atoms with E-state index in [0.717, 1.165) is 35.2 Å². The first-order valence-corrected chi connectivity index (χ1v) is 11.9. The number of ether oxygens (including phenoxy) is 2. The molecule has 4 rings (SSSR count). The molecule has 1 aliphatic rings. The normalized spacial score (nSPS) is 15.0. The number of nitrogens with one attached hydrogen (secondary N) is 1. The molecule has 0 bridgehead atoms. The Bertz CT molecular complexity index is 1170. The smallest absolute Gasteiger partial charge is 0.255 e. The van der Waals surface area contributed by atoms with Crippen molar-refractivity contribution in [3.63, 3.8) is 0 Å². The van der Waals surface area contributed by atoms with E-state index in [4.69, 9.17) is 26.2 Å². The Morgan fingerprint density at radius 2 is 1.97 bits per heavy atom. The molecule has 2 aromatic heterocycles. The van der Waals surface area contributed by atoms with Gasteiger partial charge in [0.1, 0.15) is 12.7 Å². The number of carbonyl (C=O) groups is 1. The minimum absolute atomic E-state index is 0.0884. The fourth-order valence-electron chi connectivity index (χ4n) is 4.00. The number of carbonyl (C=O) groups excluding carboxylic acids is 1. The number of aliphatic hydroxyl groups excluding tert-OH is 2. The summed E-state index contributed by atoms with van der Waals surface area (Å²) in [5.74, 6) is 0.240. The number of rotatable bonds is 8. The average Bonchev–Trinajstić information content (AvgIpc) is 2.90. The lowest BCUT2D eigenvalue weighted by molar-refractivity contribution is 0.0518. The number of aromatic nitrogens is 2. The largest absolute Gasteiger partial charge is 0.475 e. The number of hydrogen-bond donors (Lipinski definition) is 3. The molecule has 0 radical (unpaired) electrons. The minimum Gasteiger partial charge on any atom is -0.475 e. The van der Waals surface area contributed by atoms with Gasteiger partial charge in [-0.1, -0.05) is 17.7 Å². The molecule has 1 atom stereocenters. The number of pyridine rings is 2. The Hall–Kier alpha value is -3.04. The lowest BCUT2D eigenvalue weighted by Crippen LogP contribution is -2.22. The minimum atomic E-state index is -1.01. The van der Waals surface area contributed by atoms with E-state index >= 15 is 0 Å². The van der Waals surface area contributed by atoms with Gasteiger partial charge in [-0.15, -0.1) is 0 Å². The summed E-state index contributed by atoms with van der Waals surface area (Å²) in [5, 5.41) is 22.2. The van der Waals surface area contributed by atoms with Crippen molar-refractivity contribution in [3.8, 4) is 17.0 Å². The van der Waals surface area contributed by atoms with Crippen molar-refractivity contribution in [2.24, 2.45) is 0 Å². The van der Waals surface area contributed by atoms with Gasteiger partial charge in [0, 0.05) is 54.4 Å². The van der Waals surface area contributed by atoms with E-state index in [1.165, 1.54) is 0 Å². The first-order chi connectivity index (χ1) is 17.0. The second-order valence-corrected chi connectivity index (χ2v) is 8.84. The van der Waals surface area contributed by atoms with Crippen LogP contribution in [0, 0.1) is 6.92 Å². The Labute approximate surface area is 208 Å². The highest BCUT2D eigenvalue weighted by Crippen LogP contribution is 2.39. The van der Waals surface area contributed by atoms with Crippen LogP contribution in [0.1, 0.15) is 40.4 Å². The topological polar surface area (TPSA) is 114 Å². The van der Waals surface area contributed by atoms with Gasteiger partial charge in [-0.05, 0) is 55.2 Å². The molecule has 3 aromatic rings. The van der Waals surface area contributed by atoms with Crippen LogP contribution in [0.25, 0.3) is 11.1 Å². The zero-order valence-electron chi connectivity index (χ0n) is 19.4. The number of hydrogen-bond acceptors (Lipinski definition) is 7. The zero-order valence-corrected chi connectivity index (χ0v) is 20.2. The standard InChI is InChI=1S/C26H28ClN3O5/c1-16-2-3-21(30-26(33)18-4-8-28-9-5-18)25(27)24(16)19-12-22(17-6-10-34-11-7-17)29-23(13-19)35-15-20(32)14-31/h2-5,8-9,12-13,17,20,31-32H,6-7,10-11,14-15H2,1H3,(H,30,33)/t20-/m1/s1. The molecule has 1 fully saturated rings. The molecule has 0 spiro atoms. The van der Waals surface area contributed by atoms with Gasteiger partial charge in [0.15, 0.2) is 0 Å². The first kappa shape index (κ1) is 25.1. The third-order valence-corrected chi connectivity index (χ3v) is 6.32. The molecule has 184 valence electrons. The lowest BCUT2D eigenvalue weighted by atomic mass is 9.92. The van der Waals surface area contributed by atoms with E-state index in [0.29, 0.717) is 35.4 Å². The van der Waals surface area contributed by atoms with Crippen LogP contribution in [-0.4, -0.2) is 58.6 Å². The third-order valence-electron chi connectivity index (χ3n) is 5.93. The van der Waals surface area contributed by atoms with Crippen LogP contribution in [0.5, 0.6) is 5.88 Å². The van der Waals surface area contributed by atoms with Crippen molar-refractivity contribution in [3.05, 3.63) is 70.6 Å². The summed E-state index contributed by atoms with van der Waals surface area (Å²) in [6, 6.07) is 10.7. The van der Waals surface area contributed by atoms with E-state index in [-0.39, 0.29) is 18.4 Å². The second-order valence-electron chi connectivity index (χ2n) is 8.46. The van der Waals surface area contributed by atoms with Crippen LogP contribution >= 0.6 is 11.6 Å². The highest BCUT2D eigenvalue weighted by molar-refractivity contribution is 6.36. The molecule has 3 N–H and O–H groups in total. The average molecular weight is 498 g/mol. The fourth-order valence-corrected chi connectivity index (χ4v) is 4.37. The molecular weight excluding hydrogens is 470 g/mol. The third kappa shape index (κ3) is 6.15. The monoisotopic (exact) mass is 497 g/mol. The van der Waals surface area contributed by atoms with Crippen LogP contribution < -0.4 is 10.1 Å². The maximum Gasteiger partial charge on any atom is 0.255 e. The van der Waals surface area contributed by atoms with E-state index in [9.17, 15) is 9.90 Å². The molecular formula is C26H28ClN3O5. The molecule has 0 aliphatic carbocycles. The van der Waals surface area contributed by atoms with Gasteiger partial charge in [0.2, 0.25) is 5.88 Å².